The molecule has 5 rings (SSSR count). The van der Waals surface area contributed by atoms with Crippen molar-refractivity contribution in [3.05, 3.63) is 103 Å². The van der Waals surface area contributed by atoms with Gasteiger partial charge in [0.2, 0.25) is 0 Å². The van der Waals surface area contributed by atoms with Crippen LogP contribution in [0.5, 0.6) is 11.5 Å². The van der Waals surface area contributed by atoms with Crippen LogP contribution in [0.2, 0.25) is 0 Å². The molecule has 0 fully saturated rings. The van der Waals surface area contributed by atoms with E-state index in [-0.39, 0.29) is 17.9 Å². The van der Waals surface area contributed by atoms with E-state index in [0.29, 0.717) is 31.9 Å². The van der Waals surface area contributed by atoms with Crippen molar-refractivity contribution in [3.63, 3.8) is 0 Å². The van der Waals surface area contributed by atoms with Crippen LogP contribution in [0.3, 0.4) is 0 Å². The van der Waals surface area contributed by atoms with Gasteiger partial charge in [-0.2, -0.15) is 0 Å². The maximum atomic E-state index is 13.8. The lowest BCUT2D eigenvalue weighted by molar-refractivity contribution is -0.139. The van der Waals surface area contributed by atoms with Crippen molar-refractivity contribution in [2.45, 2.75) is 19.9 Å². The smallest absolute Gasteiger partial charge is 0.338 e. The van der Waals surface area contributed by atoms with E-state index >= 15 is 0 Å². The minimum atomic E-state index is -0.715. The zero-order chi connectivity index (χ0) is 25.4. The molecule has 0 amide bonds. The highest BCUT2D eigenvalue weighted by atomic mass is 32.1. The van der Waals surface area contributed by atoms with Crippen molar-refractivity contribution in [2.75, 3.05) is 13.7 Å². The molecule has 1 aliphatic heterocycles. The molecule has 1 N–H and O–H groups in total. The number of hydrogen-bond donors (Lipinski definition) is 1. The van der Waals surface area contributed by atoms with E-state index in [1.54, 1.807) is 36.6 Å². The van der Waals surface area contributed by atoms with Gasteiger partial charge in [-0.1, -0.05) is 53.8 Å². The number of phenols is 1. The maximum absolute atomic E-state index is 13.8. The normalized spacial score (nSPS) is 15.5. The number of nitrogens with zero attached hydrogens (tertiary/aromatic N) is 2. The van der Waals surface area contributed by atoms with Crippen molar-refractivity contribution in [1.29, 1.82) is 0 Å². The Labute approximate surface area is 210 Å². The Hall–Kier alpha value is -4.17. The number of carbonyl (C=O) groups excluding carboxylic acids is 1. The van der Waals surface area contributed by atoms with E-state index < -0.39 is 12.0 Å². The molecule has 2 heterocycles. The predicted molar refractivity (Wildman–Crippen MR) is 139 cm³/mol. The van der Waals surface area contributed by atoms with Crippen LogP contribution in [0.1, 0.15) is 31.0 Å². The average Bonchev–Trinajstić information content (AvgIpc) is 3.18. The molecule has 4 aromatic rings. The number of carbonyl (C=O) groups is 1. The summed E-state index contributed by atoms with van der Waals surface area (Å²) in [6, 6.07) is 17.8. The maximum Gasteiger partial charge on any atom is 0.338 e. The van der Waals surface area contributed by atoms with Gasteiger partial charge in [-0.25, -0.2) is 9.79 Å². The molecule has 1 aliphatic rings. The lowest BCUT2D eigenvalue weighted by Gasteiger charge is -2.25. The molecule has 0 spiro atoms. The largest absolute Gasteiger partial charge is 0.507 e. The SMILES string of the molecule is CCOC(=O)C1=C(C)N=c2s/c(=C/c3cc(OC)ccc3O)c(=O)n2[C@@H]1c1cccc2ccccc12. The molecule has 1 aromatic heterocycles. The first-order chi connectivity index (χ1) is 17.4. The molecule has 0 radical (unpaired) electrons. The van der Waals surface area contributed by atoms with Crippen LogP contribution in [0, 0.1) is 0 Å². The van der Waals surface area contributed by atoms with Gasteiger partial charge >= 0.3 is 5.97 Å². The van der Waals surface area contributed by atoms with Gasteiger partial charge in [-0.05, 0) is 54.5 Å². The van der Waals surface area contributed by atoms with Gasteiger partial charge in [0.05, 0.1) is 35.6 Å². The van der Waals surface area contributed by atoms with Crippen LogP contribution >= 0.6 is 11.3 Å². The third kappa shape index (κ3) is 3.99. The van der Waals surface area contributed by atoms with Gasteiger partial charge in [0.1, 0.15) is 11.5 Å². The second kappa shape index (κ2) is 9.47. The summed E-state index contributed by atoms with van der Waals surface area (Å²) in [7, 11) is 1.54. The molecule has 0 unspecified atom stereocenters. The Balaban J connectivity index is 1.80. The van der Waals surface area contributed by atoms with Crippen LogP contribution in [-0.4, -0.2) is 29.4 Å². The fraction of sp³-hybridized carbons (Fsp3) is 0.179. The van der Waals surface area contributed by atoms with Crippen molar-refractivity contribution < 1.29 is 19.4 Å². The number of methoxy groups -OCH3 is 1. The molecular weight excluding hydrogens is 476 g/mol. The molecule has 0 saturated carbocycles. The average molecular weight is 501 g/mol. The van der Waals surface area contributed by atoms with Crippen LogP contribution in [0.15, 0.2) is 81.7 Å². The minimum absolute atomic E-state index is 0.0237. The van der Waals surface area contributed by atoms with E-state index in [0.717, 1.165) is 16.3 Å². The van der Waals surface area contributed by atoms with Crippen molar-refractivity contribution >= 4 is 34.2 Å². The monoisotopic (exact) mass is 500 g/mol. The van der Waals surface area contributed by atoms with E-state index in [1.807, 2.05) is 42.5 Å². The molecule has 7 nitrogen and oxygen atoms in total. The Morgan fingerprint density at radius 3 is 2.72 bits per heavy atom. The zero-order valence-corrected chi connectivity index (χ0v) is 20.8. The summed E-state index contributed by atoms with van der Waals surface area (Å²) < 4.78 is 12.6. The summed E-state index contributed by atoms with van der Waals surface area (Å²) in [4.78, 5) is 32.1. The van der Waals surface area contributed by atoms with Crippen molar-refractivity contribution in [1.82, 2.24) is 4.57 Å². The third-order valence-corrected chi connectivity index (χ3v) is 7.14. The number of phenolic OH excluding ortho intramolecular Hbond substituents is 1. The zero-order valence-electron chi connectivity index (χ0n) is 20.0. The number of benzene rings is 3. The lowest BCUT2D eigenvalue weighted by Crippen LogP contribution is -2.40. The fourth-order valence-corrected chi connectivity index (χ4v) is 5.53. The fourth-order valence-electron chi connectivity index (χ4n) is 4.49. The third-order valence-electron chi connectivity index (χ3n) is 6.16. The molecule has 1 atom stereocenters. The lowest BCUT2D eigenvalue weighted by atomic mass is 9.91. The number of rotatable bonds is 5. The van der Waals surface area contributed by atoms with Gasteiger partial charge in [0.25, 0.3) is 5.56 Å². The second-order valence-corrected chi connectivity index (χ2v) is 9.30. The first kappa shape index (κ1) is 23.6. The molecule has 0 aliphatic carbocycles. The number of aromatic hydroxyl groups is 1. The number of thiazole rings is 1. The van der Waals surface area contributed by atoms with Crippen molar-refractivity contribution in [2.24, 2.45) is 4.99 Å². The van der Waals surface area contributed by atoms with Crippen LogP contribution < -0.4 is 19.6 Å². The van der Waals surface area contributed by atoms with Crippen molar-refractivity contribution in [3.8, 4) is 11.5 Å². The number of aromatic nitrogens is 1. The Morgan fingerprint density at radius 1 is 1.17 bits per heavy atom. The van der Waals surface area contributed by atoms with Crippen LogP contribution in [-0.2, 0) is 9.53 Å². The first-order valence-electron chi connectivity index (χ1n) is 11.5. The molecule has 0 saturated heterocycles. The van der Waals surface area contributed by atoms with E-state index in [4.69, 9.17) is 9.47 Å². The highest BCUT2D eigenvalue weighted by Crippen LogP contribution is 2.34. The van der Waals surface area contributed by atoms with E-state index in [1.165, 1.54) is 24.5 Å². The van der Waals surface area contributed by atoms with Gasteiger partial charge < -0.3 is 14.6 Å². The van der Waals surface area contributed by atoms with Crippen LogP contribution in [0.25, 0.3) is 16.8 Å². The molecule has 36 heavy (non-hydrogen) atoms. The molecule has 0 bridgehead atoms. The Bertz CT molecular complexity index is 1710. The minimum Gasteiger partial charge on any atom is -0.507 e. The molecular formula is C28H24N2O5S. The van der Waals surface area contributed by atoms with Crippen LogP contribution in [0.4, 0.5) is 0 Å². The Kier molecular flexibility index (Phi) is 6.20. The number of fused-ring (bicyclic) bond motifs is 2. The summed E-state index contributed by atoms with van der Waals surface area (Å²) in [5.74, 6) is 0.0768. The summed E-state index contributed by atoms with van der Waals surface area (Å²) in [5.41, 5.74) is 1.78. The number of hydrogen-bond acceptors (Lipinski definition) is 7. The first-order valence-corrected chi connectivity index (χ1v) is 12.3. The van der Waals surface area contributed by atoms with Gasteiger partial charge in [-0.3, -0.25) is 9.36 Å². The predicted octanol–water partition coefficient (Wildman–Crippen LogP) is 3.67. The van der Waals surface area contributed by atoms with Gasteiger partial charge in [-0.15, -0.1) is 0 Å². The summed E-state index contributed by atoms with van der Waals surface area (Å²) in [6.45, 7) is 3.71. The highest BCUT2D eigenvalue weighted by Gasteiger charge is 2.34. The quantitative estimate of drug-likeness (QED) is 0.423. The summed E-state index contributed by atoms with van der Waals surface area (Å²) in [6.07, 6.45) is 1.62. The van der Waals surface area contributed by atoms with E-state index in [2.05, 4.69) is 4.99 Å². The number of esters is 1. The second-order valence-electron chi connectivity index (χ2n) is 8.30. The van der Waals surface area contributed by atoms with Gasteiger partial charge in [0, 0.05) is 5.56 Å². The topological polar surface area (TPSA) is 90.1 Å². The highest BCUT2D eigenvalue weighted by molar-refractivity contribution is 7.07. The number of ether oxygens (including phenoxy) is 2. The van der Waals surface area contributed by atoms with E-state index in [9.17, 15) is 14.7 Å². The number of allylic oxidation sites excluding steroid dienone is 1. The summed E-state index contributed by atoms with van der Waals surface area (Å²) in [5, 5.41) is 12.3. The summed E-state index contributed by atoms with van der Waals surface area (Å²) >= 11 is 1.20. The van der Waals surface area contributed by atoms with Gasteiger partial charge in [0.15, 0.2) is 4.80 Å². The Morgan fingerprint density at radius 2 is 1.94 bits per heavy atom. The standard InChI is InChI=1S/C28H24N2O5S/c1-4-35-27(33)24-16(2)29-28-30(25(24)21-11-7-9-17-8-5-6-10-20(17)21)26(32)23(36-28)15-18-14-19(34-3)12-13-22(18)31/h5-15,25,31H,4H2,1-3H3/b23-15+/t25-/m1/s1. The molecule has 3 aromatic carbocycles. The molecule has 8 heteroatoms. The molecule has 182 valence electrons.